The smallest absolute Gasteiger partial charge is 0.462 e. The number of unbranched alkanes of at least 4 members (excludes halogenated alkanes) is 46. The first-order valence-corrected chi connectivity index (χ1v) is 43.5. The molecule has 19 heteroatoms. The number of aliphatic hydroxyl groups is 1. The number of esters is 4. The van der Waals surface area contributed by atoms with Crippen LogP contribution in [-0.2, 0) is 65.4 Å². The van der Waals surface area contributed by atoms with E-state index in [0.717, 1.165) is 108 Å². The van der Waals surface area contributed by atoms with Gasteiger partial charge in [0.25, 0.3) is 0 Å². The lowest BCUT2D eigenvalue weighted by atomic mass is 10.00. The Balaban J connectivity index is 5.25. The molecule has 3 unspecified atom stereocenters. The highest BCUT2D eigenvalue weighted by Crippen LogP contribution is 2.45. The molecule has 0 saturated heterocycles. The predicted octanol–water partition coefficient (Wildman–Crippen LogP) is 23.1. The summed E-state index contributed by atoms with van der Waals surface area (Å²) in [4.78, 5) is 72.9. The lowest BCUT2D eigenvalue weighted by Crippen LogP contribution is -2.30. The monoisotopic (exact) mass is 1420 g/mol. The fourth-order valence-electron chi connectivity index (χ4n) is 12.0. The van der Waals surface area contributed by atoms with Crippen molar-refractivity contribution < 1.29 is 80.2 Å². The third kappa shape index (κ3) is 70.9. The van der Waals surface area contributed by atoms with Crippen LogP contribution in [0.1, 0.15) is 408 Å². The molecule has 0 bridgehead atoms. The maximum atomic E-state index is 13.1. The van der Waals surface area contributed by atoms with Gasteiger partial charge in [-0.25, -0.2) is 9.13 Å². The van der Waals surface area contributed by atoms with Crippen molar-refractivity contribution in [2.75, 3.05) is 39.6 Å². The average molecular weight is 1420 g/mol. The maximum absolute atomic E-state index is 13.1. The number of carbonyl (C=O) groups excluding carboxylic acids is 4. The van der Waals surface area contributed by atoms with E-state index in [2.05, 4.69) is 41.5 Å². The summed E-state index contributed by atoms with van der Waals surface area (Å²) in [5, 5.41) is 10.6. The molecule has 0 saturated carbocycles. The number of phosphoric ester groups is 2. The van der Waals surface area contributed by atoms with E-state index in [9.17, 15) is 43.2 Å². The highest BCUT2D eigenvalue weighted by molar-refractivity contribution is 7.47. The van der Waals surface area contributed by atoms with E-state index in [1.807, 2.05) is 0 Å². The van der Waals surface area contributed by atoms with Gasteiger partial charge in [0.1, 0.15) is 19.3 Å². The van der Waals surface area contributed by atoms with Crippen molar-refractivity contribution in [1.82, 2.24) is 0 Å². The fraction of sp³-hybridized carbons (Fsp3) is 0.949. The van der Waals surface area contributed by atoms with E-state index < -0.39 is 97.5 Å². The van der Waals surface area contributed by atoms with E-state index >= 15 is 0 Å². The van der Waals surface area contributed by atoms with Crippen LogP contribution < -0.4 is 0 Å². The van der Waals surface area contributed by atoms with Gasteiger partial charge in [0.05, 0.1) is 26.4 Å². The highest BCUT2D eigenvalue weighted by Gasteiger charge is 2.30. The first-order valence-electron chi connectivity index (χ1n) is 40.5. The van der Waals surface area contributed by atoms with Gasteiger partial charge in [-0.3, -0.25) is 37.3 Å². The number of phosphoric acid groups is 2. The van der Waals surface area contributed by atoms with Crippen LogP contribution in [0.3, 0.4) is 0 Å². The second kappa shape index (κ2) is 69.8. The molecule has 0 aliphatic heterocycles. The van der Waals surface area contributed by atoms with Gasteiger partial charge in [0.15, 0.2) is 12.2 Å². The van der Waals surface area contributed by atoms with Gasteiger partial charge in [-0.15, -0.1) is 0 Å². The molecular weight excluding hydrogens is 1270 g/mol. The number of aliphatic hydroxyl groups excluding tert-OH is 1. The molecule has 0 amide bonds. The number of hydrogen-bond donors (Lipinski definition) is 3. The SMILES string of the molecule is CCCCCCCCCCCCCCCCCCCCC(=O)O[C@H](COC(=O)CCCCCCCCCCCCCCC(C)C)COP(=O)(O)OC[C@@H](O)COP(=O)(O)OC[C@@H](COC(=O)CCCCCCCCC(C)CC)OC(=O)CCCCCCCCCCCCCCCC. The molecule has 0 aromatic carbocycles. The molecule has 0 spiro atoms. The van der Waals surface area contributed by atoms with Crippen LogP contribution in [0.4, 0.5) is 0 Å². The fourth-order valence-corrected chi connectivity index (χ4v) is 13.6. The highest BCUT2D eigenvalue weighted by atomic mass is 31.2. The summed E-state index contributed by atoms with van der Waals surface area (Å²) < 4.78 is 68.6. The van der Waals surface area contributed by atoms with Gasteiger partial charge in [-0.05, 0) is 37.5 Å². The molecule has 17 nitrogen and oxygen atoms in total. The standard InChI is InChI=1S/C78H152O17P2/c1-7-10-12-14-16-18-20-22-24-25-26-27-29-35-39-43-51-57-63-77(82)94-73(66-88-75(80)60-54-48-41-37-33-31-30-32-36-40-46-52-58-70(4)5)68-92-96(84,85)90-64-72(79)65-91-97(86,87)93-69-74(67-89-76(81)61-55-49-45-44-47-53-59-71(6)9-3)95-78(83)62-56-50-42-38-34-28-23-21-19-17-15-13-11-8-2/h70-74,79H,7-69H2,1-6H3,(H,84,85)(H,86,87)/t71?,72-,73-,74-/m1/s1. The maximum Gasteiger partial charge on any atom is 0.472 e. The number of hydrogen-bond acceptors (Lipinski definition) is 15. The first kappa shape index (κ1) is 95.1. The van der Waals surface area contributed by atoms with Crippen LogP contribution in [0.2, 0.25) is 0 Å². The topological polar surface area (TPSA) is 237 Å². The molecule has 97 heavy (non-hydrogen) atoms. The van der Waals surface area contributed by atoms with Crippen molar-refractivity contribution >= 4 is 39.5 Å². The van der Waals surface area contributed by atoms with Crippen molar-refractivity contribution in [1.29, 1.82) is 0 Å². The van der Waals surface area contributed by atoms with E-state index in [4.69, 9.17) is 37.0 Å². The summed E-state index contributed by atoms with van der Waals surface area (Å²) in [6.45, 7) is 9.59. The quantitative estimate of drug-likeness (QED) is 0.0222. The van der Waals surface area contributed by atoms with Gasteiger partial charge < -0.3 is 33.8 Å². The predicted molar refractivity (Wildman–Crippen MR) is 395 cm³/mol. The van der Waals surface area contributed by atoms with Gasteiger partial charge >= 0.3 is 39.5 Å². The van der Waals surface area contributed by atoms with E-state index in [0.29, 0.717) is 25.7 Å². The average Bonchev–Trinajstić information content (AvgIpc) is 1.13. The number of ether oxygens (including phenoxy) is 4. The van der Waals surface area contributed by atoms with E-state index in [-0.39, 0.29) is 25.7 Å². The second-order valence-corrected chi connectivity index (χ2v) is 31.7. The molecular formula is C78H152O17P2. The lowest BCUT2D eigenvalue weighted by Gasteiger charge is -2.21. The normalized spacial score (nSPS) is 14.2. The lowest BCUT2D eigenvalue weighted by molar-refractivity contribution is -0.161. The zero-order valence-corrected chi connectivity index (χ0v) is 65.2. The van der Waals surface area contributed by atoms with Crippen LogP contribution in [0, 0.1) is 11.8 Å². The summed E-state index contributed by atoms with van der Waals surface area (Å²) in [7, 11) is -9.91. The van der Waals surface area contributed by atoms with Crippen LogP contribution in [0.15, 0.2) is 0 Å². The minimum atomic E-state index is -4.96. The number of carbonyl (C=O) groups is 4. The molecule has 0 aliphatic carbocycles. The van der Waals surface area contributed by atoms with Gasteiger partial charge in [0.2, 0.25) is 0 Å². The molecule has 0 heterocycles. The molecule has 0 rings (SSSR count). The van der Waals surface area contributed by atoms with Crippen molar-refractivity contribution in [2.45, 2.75) is 426 Å². The summed E-state index contributed by atoms with van der Waals surface area (Å²) in [6.07, 6.45) is 58.2. The van der Waals surface area contributed by atoms with Crippen molar-refractivity contribution in [2.24, 2.45) is 11.8 Å². The van der Waals surface area contributed by atoms with Crippen LogP contribution in [0.5, 0.6) is 0 Å². The Bertz CT molecular complexity index is 1870. The second-order valence-electron chi connectivity index (χ2n) is 28.8. The van der Waals surface area contributed by atoms with Crippen LogP contribution in [0.25, 0.3) is 0 Å². The van der Waals surface area contributed by atoms with Crippen molar-refractivity contribution in [3.63, 3.8) is 0 Å². The number of rotatable bonds is 77. The Morgan fingerprint density at radius 2 is 0.526 bits per heavy atom. The van der Waals surface area contributed by atoms with Crippen molar-refractivity contribution in [3.05, 3.63) is 0 Å². The third-order valence-corrected chi connectivity index (χ3v) is 20.5. The van der Waals surface area contributed by atoms with E-state index in [1.165, 1.54) is 218 Å². The van der Waals surface area contributed by atoms with E-state index in [1.54, 1.807) is 0 Å². The van der Waals surface area contributed by atoms with Crippen LogP contribution in [-0.4, -0.2) is 96.7 Å². The Morgan fingerprint density at radius 3 is 0.784 bits per heavy atom. The first-order chi connectivity index (χ1) is 46.9. The Kier molecular flexibility index (Phi) is 68.4. The van der Waals surface area contributed by atoms with Crippen LogP contribution >= 0.6 is 15.6 Å². The zero-order chi connectivity index (χ0) is 71.4. The molecule has 0 radical (unpaired) electrons. The van der Waals surface area contributed by atoms with Gasteiger partial charge in [-0.2, -0.15) is 0 Å². The summed E-state index contributed by atoms with van der Waals surface area (Å²) >= 11 is 0. The Labute approximate surface area is 594 Å². The molecule has 0 aromatic rings. The van der Waals surface area contributed by atoms with Crippen molar-refractivity contribution in [3.8, 4) is 0 Å². The minimum absolute atomic E-state index is 0.107. The molecule has 0 aliphatic rings. The minimum Gasteiger partial charge on any atom is -0.462 e. The molecule has 3 N–H and O–H groups in total. The zero-order valence-electron chi connectivity index (χ0n) is 63.4. The van der Waals surface area contributed by atoms with Gasteiger partial charge in [-0.1, -0.05) is 356 Å². The molecule has 576 valence electrons. The third-order valence-electron chi connectivity index (χ3n) is 18.6. The Morgan fingerprint density at radius 1 is 0.299 bits per heavy atom. The molecule has 0 aromatic heterocycles. The largest absolute Gasteiger partial charge is 0.472 e. The summed E-state index contributed by atoms with van der Waals surface area (Å²) in [5.74, 6) is -0.599. The molecule has 0 fully saturated rings. The Hall–Kier alpha value is -1.94. The van der Waals surface area contributed by atoms with Gasteiger partial charge in [0, 0.05) is 25.7 Å². The summed E-state index contributed by atoms with van der Waals surface area (Å²) in [6, 6.07) is 0. The summed E-state index contributed by atoms with van der Waals surface area (Å²) in [5.41, 5.74) is 0. The molecule has 6 atom stereocenters.